The van der Waals surface area contributed by atoms with Crippen LogP contribution >= 0.6 is 0 Å². The SMILES string of the molecule is CNC(=O)Cc1ccc(-c2cccc(C(=O)NCC3(O)CCNC3)c2)cc1. The molecule has 142 valence electrons. The van der Waals surface area contributed by atoms with Crippen molar-refractivity contribution in [3.05, 3.63) is 59.7 Å². The average Bonchev–Trinajstić information content (AvgIpc) is 3.13. The van der Waals surface area contributed by atoms with Crippen LogP contribution in [0.25, 0.3) is 11.1 Å². The Morgan fingerprint density at radius 2 is 1.93 bits per heavy atom. The molecule has 0 saturated carbocycles. The molecular formula is C21H25N3O3. The normalized spacial score (nSPS) is 18.9. The first-order valence-electron chi connectivity index (χ1n) is 9.10. The van der Waals surface area contributed by atoms with Gasteiger partial charge in [-0.2, -0.15) is 0 Å². The number of carbonyl (C=O) groups excluding carboxylic acids is 2. The van der Waals surface area contributed by atoms with Crippen LogP contribution in [0.3, 0.4) is 0 Å². The van der Waals surface area contributed by atoms with Crippen molar-refractivity contribution in [1.29, 1.82) is 0 Å². The van der Waals surface area contributed by atoms with Gasteiger partial charge in [-0.25, -0.2) is 0 Å². The van der Waals surface area contributed by atoms with Crippen LogP contribution in [0.1, 0.15) is 22.3 Å². The van der Waals surface area contributed by atoms with E-state index in [9.17, 15) is 14.7 Å². The fourth-order valence-corrected chi connectivity index (χ4v) is 3.16. The number of hydrogen-bond donors (Lipinski definition) is 4. The molecule has 0 aromatic heterocycles. The third-order valence-corrected chi connectivity index (χ3v) is 4.85. The minimum Gasteiger partial charge on any atom is -0.387 e. The van der Waals surface area contributed by atoms with Gasteiger partial charge in [0.25, 0.3) is 5.91 Å². The van der Waals surface area contributed by atoms with Crippen LogP contribution < -0.4 is 16.0 Å². The van der Waals surface area contributed by atoms with Gasteiger partial charge in [0.05, 0.1) is 12.0 Å². The van der Waals surface area contributed by atoms with Gasteiger partial charge in [0.15, 0.2) is 0 Å². The quantitative estimate of drug-likeness (QED) is 0.615. The molecular weight excluding hydrogens is 342 g/mol. The molecule has 0 bridgehead atoms. The number of likely N-dealkylation sites (N-methyl/N-ethyl adjacent to an activating group) is 1. The van der Waals surface area contributed by atoms with Gasteiger partial charge in [-0.05, 0) is 41.8 Å². The zero-order chi connectivity index (χ0) is 19.3. The van der Waals surface area contributed by atoms with E-state index in [4.69, 9.17) is 0 Å². The highest BCUT2D eigenvalue weighted by Crippen LogP contribution is 2.21. The maximum Gasteiger partial charge on any atom is 0.251 e. The van der Waals surface area contributed by atoms with E-state index < -0.39 is 5.60 Å². The molecule has 3 rings (SSSR count). The van der Waals surface area contributed by atoms with Crippen LogP contribution in [-0.4, -0.2) is 49.2 Å². The monoisotopic (exact) mass is 367 g/mol. The standard InChI is InChI=1S/C21H25N3O3/c1-22-19(25)11-15-5-7-16(8-6-15)17-3-2-4-18(12-17)20(26)24-14-21(27)9-10-23-13-21/h2-8,12,23,27H,9-11,13-14H2,1H3,(H,22,25)(H,24,26). The van der Waals surface area contributed by atoms with Gasteiger partial charge in [0.2, 0.25) is 5.91 Å². The molecule has 6 nitrogen and oxygen atoms in total. The fourth-order valence-electron chi connectivity index (χ4n) is 3.16. The van der Waals surface area contributed by atoms with Gasteiger partial charge in [0.1, 0.15) is 0 Å². The zero-order valence-corrected chi connectivity index (χ0v) is 15.4. The van der Waals surface area contributed by atoms with Crippen molar-refractivity contribution in [3.8, 4) is 11.1 Å². The lowest BCUT2D eigenvalue weighted by Gasteiger charge is -2.21. The molecule has 0 spiro atoms. The first kappa shape index (κ1) is 19.1. The second-order valence-corrected chi connectivity index (χ2v) is 6.96. The van der Waals surface area contributed by atoms with E-state index in [0.717, 1.165) is 23.2 Å². The minimum absolute atomic E-state index is 0.0273. The van der Waals surface area contributed by atoms with Gasteiger partial charge in [-0.15, -0.1) is 0 Å². The Balaban J connectivity index is 1.67. The summed E-state index contributed by atoms with van der Waals surface area (Å²) in [5, 5.41) is 18.9. The van der Waals surface area contributed by atoms with Crippen LogP contribution in [0.4, 0.5) is 0 Å². The maximum atomic E-state index is 12.4. The Morgan fingerprint density at radius 3 is 2.59 bits per heavy atom. The molecule has 6 heteroatoms. The molecule has 27 heavy (non-hydrogen) atoms. The van der Waals surface area contributed by atoms with Crippen molar-refractivity contribution in [2.45, 2.75) is 18.4 Å². The number of rotatable bonds is 6. The summed E-state index contributed by atoms with van der Waals surface area (Å²) in [4.78, 5) is 23.9. The molecule has 0 radical (unpaired) electrons. The summed E-state index contributed by atoms with van der Waals surface area (Å²) in [6, 6.07) is 15.1. The van der Waals surface area contributed by atoms with E-state index in [1.165, 1.54) is 0 Å². The van der Waals surface area contributed by atoms with Crippen molar-refractivity contribution in [2.24, 2.45) is 0 Å². The smallest absolute Gasteiger partial charge is 0.251 e. The lowest BCUT2D eigenvalue weighted by molar-refractivity contribution is -0.119. The molecule has 1 unspecified atom stereocenters. The Bertz CT molecular complexity index is 812. The highest BCUT2D eigenvalue weighted by atomic mass is 16.3. The number of carbonyl (C=O) groups is 2. The summed E-state index contributed by atoms with van der Waals surface area (Å²) in [6.45, 7) is 1.49. The Labute approximate surface area is 159 Å². The zero-order valence-electron chi connectivity index (χ0n) is 15.4. The molecule has 1 atom stereocenters. The Morgan fingerprint density at radius 1 is 1.15 bits per heavy atom. The van der Waals surface area contributed by atoms with E-state index in [-0.39, 0.29) is 18.4 Å². The predicted molar refractivity (Wildman–Crippen MR) is 104 cm³/mol. The number of aliphatic hydroxyl groups is 1. The molecule has 1 aliphatic rings. The van der Waals surface area contributed by atoms with Crippen molar-refractivity contribution in [3.63, 3.8) is 0 Å². The van der Waals surface area contributed by atoms with Gasteiger partial charge in [0, 0.05) is 25.7 Å². The molecule has 2 aromatic carbocycles. The summed E-state index contributed by atoms with van der Waals surface area (Å²) in [7, 11) is 1.62. The summed E-state index contributed by atoms with van der Waals surface area (Å²) in [5.41, 5.74) is 2.52. The van der Waals surface area contributed by atoms with E-state index in [0.29, 0.717) is 24.9 Å². The highest BCUT2D eigenvalue weighted by molar-refractivity contribution is 5.95. The first-order chi connectivity index (χ1) is 13.0. The Kier molecular flexibility index (Phi) is 5.88. The summed E-state index contributed by atoms with van der Waals surface area (Å²) in [5.74, 6) is -0.228. The van der Waals surface area contributed by atoms with Crippen LogP contribution in [-0.2, 0) is 11.2 Å². The lowest BCUT2D eigenvalue weighted by Crippen LogP contribution is -2.44. The number of benzene rings is 2. The van der Waals surface area contributed by atoms with E-state index in [1.54, 1.807) is 13.1 Å². The summed E-state index contributed by atoms with van der Waals surface area (Å²) in [6.07, 6.45) is 0.979. The van der Waals surface area contributed by atoms with Crippen LogP contribution in [0.2, 0.25) is 0 Å². The molecule has 4 N–H and O–H groups in total. The van der Waals surface area contributed by atoms with Crippen molar-refractivity contribution < 1.29 is 14.7 Å². The number of β-amino-alcohol motifs (C(OH)–C–C–N with tert-alkyl or cyclic N) is 1. The second-order valence-electron chi connectivity index (χ2n) is 6.96. The molecule has 1 heterocycles. The lowest BCUT2D eigenvalue weighted by atomic mass is 10.00. The minimum atomic E-state index is -0.867. The number of amides is 2. The van der Waals surface area contributed by atoms with Gasteiger partial charge in [-0.1, -0.05) is 36.4 Å². The number of hydrogen-bond acceptors (Lipinski definition) is 4. The van der Waals surface area contributed by atoms with Crippen LogP contribution in [0.5, 0.6) is 0 Å². The molecule has 1 aliphatic heterocycles. The van der Waals surface area contributed by atoms with Crippen molar-refractivity contribution in [1.82, 2.24) is 16.0 Å². The van der Waals surface area contributed by atoms with Crippen LogP contribution in [0, 0.1) is 0 Å². The third-order valence-electron chi connectivity index (χ3n) is 4.85. The van der Waals surface area contributed by atoms with E-state index in [2.05, 4.69) is 16.0 Å². The van der Waals surface area contributed by atoms with Gasteiger partial charge < -0.3 is 21.1 Å². The van der Waals surface area contributed by atoms with E-state index >= 15 is 0 Å². The molecule has 2 aromatic rings. The first-order valence-corrected chi connectivity index (χ1v) is 9.10. The average molecular weight is 367 g/mol. The topological polar surface area (TPSA) is 90.5 Å². The molecule has 1 saturated heterocycles. The number of nitrogens with one attached hydrogen (secondary N) is 3. The largest absolute Gasteiger partial charge is 0.387 e. The van der Waals surface area contributed by atoms with Crippen LogP contribution in [0.15, 0.2) is 48.5 Å². The maximum absolute atomic E-state index is 12.4. The van der Waals surface area contributed by atoms with Gasteiger partial charge in [-0.3, -0.25) is 9.59 Å². The summed E-state index contributed by atoms with van der Waals surface area (Å²) >= 11 is 0. The van der Waals surface area contributed by atoms with Gasteiger partial charge >= 0.3 is 0 Å². The van der Waals surface area contributed by atoms with Crippen molar-refractivity contribution >= 4 is 11.8 Å². The third kappa shape index (κ3) is 4.93. The van der Waals surface area contributed by atoms with Crippen molar-refractivity contribution in [2.75, 3.05) is 26.7 Å². The van der Waals surface area contributed by atoms with E-state index in [1.807, 2.05) is 42.5 Å². The second kappa shape index (κ2) is 8.33. The highest BCUT2D eigenvalue weighted by Gasteiger charge is 2.31. The predicted octanol–water partition coefficient (Wildman–Crippen LogP) is 1.10. The molecule has 1 fully saturated rings. The molecule has 0 aliphatic carbocycles. The summed E-state index contributed by atoms with van der Waals surface area (Å²) < 4.78 is 0. The Hall–Kier alpha value is -2.70. The fraction of sp³-hybridized carbons (Fsp3) is 0.333. The molecule has 2 amide bonds.